The fraction of sp³-hybridized carbons (Fsp3) is 0.786. The molecule has 0 aliphatic heterocycles. The zero-order chi connectivity index (χ0) is 12.1. The highest BCUT2D eigenvalue weighted by Gasteiger charge is 1.98. The molecule has 0 fully saturated rings. The molecule has 2 heteroatoms. The molecule has 0 aromatic carbocycles. The highest BCUT2D eigenvalue weighted by Crippen LogP contribution is 2.08. The zero-order valence-electron chi connectivity index (χ0n) is 10.8. The lowest BCUT2D eigenvalue weighted by molar-refractivity contribution is -0.121. The maximum atomic E-state index is 11.3. The lowest BCUT2D eigenvalue weighted by atomic mass is 10.1. The molecule has 0 saturated carbocycles. The van der Waals surface area contributed by atoms with E-state index in [2.05, 4.69) is 18.8 Å². The quantitative estimate of drug-likeness (QED) is 0.420. The van der Waals surface area contributed by atoms with Crippen LogP contribution in [0.25, 0.3) is 0 Å². The molecule has 0 heterocycles. The largest absolute Gasteiger partial charge is 0.356 e. The highest BCUT2D eigenvalue weighted by atomic mass is 16.1. The van der Waals surface area contributed by atoms with Gasteiger partial charge in [0.2, 0.25) is 5.91 Å². The van der Waals surface area contributed by atoms with Crippen molar-refractivity contribution in [2.45, 2.75) is 64.7 Å². The SMILES string of the molecule is C=CCCCCCCCCC(=O)NCCC. The molecule has 0 aliphatic carbocycles. The normalized spacial score (nSPS) is 10.1. The summed E-state index contributed by atoms with van der Waals surface area (Å²) in [5.41, 5.74) is 0. The molecule has 0 bridgehead atoms. The summed E-state index contributed by atoms with van der Waals surface area (Å²) in [6.45, 7) is 6.60. The molecule has 0 saturated heterocycles. The van der Waals surface area contributed by atoms with Gasteiger partial charge in [0.15, 0.2) is 0 Å². The second-order valence-corrected chi connectivity index (χ2v) is 4.30. The molecule has 94 valence electrons. The average Bonchev–Trinajstić information content (AvgIpc) is 2.30. The number of rotatable bonds is 11. The first-order valence-electron chi connectivity index (χ1n) is 6.68. The predicted molar refractivity (Wildman–Crippen MR) is 70.4 cm³/mol. The van der Waals surface area contributed by atoms with Crippen LogP contribution in [-0.2, 0) is 4.79 Å². The third-order valence-electron chi connectivity index (χ3n) is 2.63. The topological polar surface area (TPSA) is 29.1 Å². The molecule has 16 heavy (non-hydrogen) atoms. The molecule has 1 amide bonds. The first kappa shape index (κ1) is 15.2. The molecule has 0 spiro atoms. The van der Waals surface area contributed by atoms with Crippen LogP contribution < -0.4 is 5.32 Å². The molecule has 0 aliphatic rings. The van der Waals surface area contributed by atoms with Gasteiger partial charge in [-0.15, -0.1) is 6.58 Å². The summed E-state index contributed by atoms with van der Waals surface area (Å²) >= 11 is 0. The molecule has 0 unspecified atom stereocenters. The van der Waals surface area contributed by atoms with E-state index >= 15 is 0 Å². The van der Waals surface area contributed by atoms with Crippen molar-refractivity contribution in [1.29, 1.82) is 0 Å². The molecule has 0 atom stereocenters. The Morgan fingerprint density at radius 1 is 1.12 bits per heavy atom. The molecule has 2 nitrogen and oxygen atoms in total. The maximum Gasteiger partial charge on any atom is 0.219 e. The molecule has 1 N–H and O–H groups in total. The molecule has 0 radical (unpaired) electrons. The standard InChI is InChI=1S/C14H27NO/c1-3-5-6-7-8-9-10-11-12-14(16)15-13-4-2/h3H,1,4-13H2,2H3,(H,15,16). The van der Waals surface area contributed by atoms with Crippen molar-refractivity contribution in [3.8, 4) is 0 Å². The average molecular weight is 225 g/mol. The second kappa shape index (κ2) is 12.3. The molecular formula is C14H27NO. The van der Waals surface area contributed by atoms with E-state index in [1.165, 1.54) is 32.1 Å². The third-order valence-corrected chi connectivity index (χ3v) is 2.63. The first-order valence-corrected chi connectivity index (χ1v) is 6.68. The minimum Gasteiger partial charge on any atom is -0.356 e. The number of unbranched alkanes of at least 4 members (excludes halogenated alkanes) is 6. The molecule has 0 aromatic rings. The van der Waals surface area contributed by atoms with Crippen molar-refractivity contribution in [3.63, 3.8) is 0 Å². The molecular weight excluding hydrogens is 198 g/mol. The lowest BCUT2D eigenvalue weighted by Crippen LogP contribution is -2.23. The zero-order valence-corrected chi connectivity index (χ0v) is 10.8. The summed E-state index contributed by atoms with van der Waals surface area (Å²) < 4.78 is 0. The summed E-state index contributed by atoms with van der Waals surface area (Å²) in [5, 5.41) is 2.90. The minimum atomic E-state index is 0.216. The van der Waals surface area contributed by atoms with Crippen LogP contribution in [0.1, 0.15) is 64.7 Å². The summed E-state index contributed by atoms with van der Waals surface area (Å²) in [7, 11) is 0. The second-order valence-electron chi connectivity index (χ2n) is 4.30. The van der Waals surface area contributed by atoms with Crippen LogP contribution in [0.3, 0.4) is 0 Å². The van der Waals surface area contributed by atoms with Gasteiger partial charge in [-0.3, -0.25) is 4.79 Å². The predicted octanol–water partition coefficient (Wildman–Crippen LogP) is 3.82. The smallest absolute Gasteiger partial charge is 0.219 e. The van der Waals surface area contributed by atoms with Gasteiger partial charge >= 0.3 is 0 Å². The van der Waals surface area contributed by atoms with Crippen LogP contribution in [0.4, 0.5) is 0 Å². The van der Waals surface area contributed by atoms with Crippen LogP contribution in [0, 0.1) is 0 Å². The van der Waals surface area contributed by atoms with Gasteiger partial charge in [0.25, 0.3) is 0 Å². The van der Waals surface area contributed by atoms with Gasteiger partial charge in [0.05, 0.1) is 0 Å². The number of carbonyl (C=O) groups excluding carboxylic acids is 1. The Labute approximate surface area is 101 Å². The van der Waals surface area contributed by atoms with Gasteiger partial charge in [-0.25, -0.2) is 0 Å². The van der Waals surface area contributed by atoms with Gasteiger partial charge in [-0.1, -0.05) is 38.7 Å². The Hall–Kier alpha value is -0.790. The fourth-order valence-electron chi connectivity index (χ4n) is 1.63. The summed E-state index contributed by atoms with van der Waals surface area (Å²) in [6, 6.07) is 0. The summed E-state index contributed by atoms with van der Waals surface area (Å²) in [6.07, 6.45) is 12.2. The van der Waals surface area contributed by atoms with Crippen molar-refractivity contribution in [2.24, 2.45) is 0 Å². The number of carbonyl (C=O) groups is 1. The Kier molecular flexibility index (Phi) is 11.7. The first-order chi connectivity index (χ1) is 7.81. The maximum absolute atomic E-state index is 11.3. The van der Waals surface area contributed by atoms with Crippen molar-refractivity contribution in [1.82, 2.24) is 5.32 Å². The van der Waals surface area contributed by atoms with E-state index in [-0.39, 0.29) is 5.91 Å². The van der Waals surface area contributed by atoms with Gasteiger partial charge in [0, 0.05) is 13.0 Å². The monoisotopic (exact) mass is 225 g/mol. The van der Waals surface area contributed by atoms with Gasteiger partial charge < -0.3 is 5.32 Å². The summed E-state index contributed by atoms with van der Waals surface area (Å²) in [5.74, 6) is 0.216. The Balaban J connectivity index is 3.08. The van der Waals surface area contributed by atoms with Crippen molar-refractivity contribution in [2.75, 3.05) is 6.54 Å². The Morgan fingerprint density at radius 3 is 2.38 bits per heavy atom. The number of allylic oxidation sites excluding steroid dienone is 1. The van der Waals surface area contributed by atoms with Crippen LogP contribution in [0.5, 0.6) is 0 Å². The van der Waals surface area contributed by atoms with Gasteiger partial charge in [-0.2, -0.15) is 0 Å². The van der Waals surface area contributed by atoms with Crippen molar-refractivity contribution in [3.05, 3.63) is 12.7 Å². The van der Waals surface area contributed by atoms with Gasteiger partial charge in [-0.05, 0) is 25.7 Å². The summed E-state index contributed by atoms with van der Waals surface area (Å²) in [4.78, 5) is 11.3. The fourth-order valence-corrected chi connectivity index (χ4v) is 1.63. The van der Waals surface area contributed by atoms with E-state index in [4.69, 9.17) is 0 Å². The van der Waals surface area contributed by atoms with Crippen LogP contribution in [-0.4, -0.2) is 12.5 Å². The Morgan fingerprint density at radius 2 is 1.75 bits per heavy atom. The number of nitrogens with one attached hydrogen (secondary N) is 1. The van der Waals surface area contributed by atoms with E-state index in [0.717, 1.165) is 25.8 Å². The van der Waals surface area contributed by atoms with Crippen molar-refractivity contribution < 1.29 is 4.79 Å². The number of amides is 1. The highest BCUT2D eigenvalue weighted by molar-refractivity contribution is 5.75. The van der Waals surface area contributed by atoms with E-state index < -0.39 is 0 Å². The van der Waals surface area contributed by atoms with E-state index in [0.29, 0.717) is 6.42 Å². The molecule has 0 rings (SSSR count). The van der Waals surface area contributed by atoms with E-state index in [1.54, 1.807) is 0 Å². The van der Waals surface area contributed by atoms with Crippen LogP contribution in [0.15, 0.2) is 12.7 Å². The molecule has 0 aromatic heterocycles. The number of hydrogen-bond acceptors (Lipinski definition) is 1. The minimum absolute atomic E-state index is 0.216. The lowest BCUT2D eigenvalue weighted by Gasteiger charge is -2.03. The van der Waals surface area contributed by atoms with Crippen LogP contribution >= 0.6 is 0 Å². The van der Waals surface area contributed by atoms with Crippen molar-refractivity contribution >= 4 is 5.91 Å². The van der Waals surface area contributed by atoms with E-state index in [9.17, 15) is 4.79 Å². The number of hydrogen-bond donors (Lipinski definition) is 1. The van der Waals surface area contributed by atoms with Crippen LogP contribution in [0.2, 0.25) is 0 Å². The van der Waals surface area contributed by atoms with E-state index in [1.807, 2.05) is 6.08 Å². The Bertz CT molecular complexity index is 178. The van der Waals surface area contributed by atoms with Gasteiger partial charge in [0.1, 0.15) is 0 Å². The third kappa shape index (κ3) is 11.3.